The highest BCUT2D eigenvalue weighted by Crippen LogP contribution is 2.61. The van der Waals surface area contributed by atoms with Crippen molar-refractivity contribution in [1.82, 2.24) is 0 Å². The molecule has 2 unspecified atom stereocenters. The lowest BCUT2D eigenvalue weighted by Crippen LogP contribution is -2.50. The van der Waals surface area contributed by atoms with Gasteiger partial charge in [0.1, 0.15) is 0 Å². The lowest BCUT2D eigenvalue weighted by Gasteiger charge is -2.58. The monoisotopic (exact) mass is 263 g/mol. The van der Waals surface area contributed by atoms with E-state index in [0.29, 0.717) is 17.4 Å². The molecule has 1 saturated heterocycles. The van der Waals surface area contributed by atoms with E-state index >= 15 is 0 Å². The Labute approximate surface area is 117 Å². The minimum atomic E-state index is 0.400. The molecule has 5 fully saturated rings. The van der Waals surface area contributed by atoms with Gasteiger partial charge in [0.25, 0.3) is 0 Å². The second-order valence-electron chi connectivity index (χ2n) is 8.26. The largest absolute Gasteiger partial charge is 0.381 e. The van der Waals surface area contributed by atoms with E-state index in [0.717, 1.165) is 31.0 Å². The van der Waals surface area contributed by atoms with Gasteiger partial charge in [-0.1, -0.05) is 0 Å². The summed E-state index contributed by atoms with van der Waals surface area (Å²) in [6.45, 7) is 1.88. The Morgan fingerprint density at radius 2 is 1.68 bits per heavy atom. The van der Waals surface area contributed by atoms with E-state index in [-0.39, 0.29) is 0 Å². The predicted molar refractivity (Wildman–Crippen MR) is 76.7 cm³/mol. The first kappa shape index (κ1) is 12.6. The fraction of sp³-hybridized carbons (Fsp3) is 1.00. The maximum Gasteiger partial charge on any atom is 0.0509 e. The van der Waals surface area contributed by atoms with Crippen molar-refractivity contribution in [2.75, 3.05) is 13.2 Å². The molecule has 1 heterocycles. The van der Waals surface area contributed by atoms with Crippen LogP contribution in [0, 0.1) is 29.1 Å². The maximum atomic E-state index is 6.59. The van der Waals surface area contributed by atoms with Gasteiger partial charge in [-0.05, 0) is 86.9 Å². The van der Waals surface area contributed by atoms with Crippen molar-refractivity contribution >= 4 is 0 Å². The van der Waals surface area contributed by atoms with Crippen molar-refractivity contribution in [3.8, 4) is 0 Å². The first-order valence-electron chi connectivity index (χ1n) is 8.56. The Balaban J connectivity index is 1.44. The summed E-state index contributed by atoms with van der Waals surface area (Å²) < 4.78 is 5.64. The third kappa shape index (κ3) is 2.35. The topological polar surface area (TPSA) is 35.2 Å². The second kappa shape index (κ2) is 4.73. The predicted octanol–water partition coefficient (Wildman–Crippen LogP) is 3.35. The molecule has 1 aliphatic heterocycles. The molecule has 0 aromatic carbocycles. The van der Waals surface area contributed by atoms with Crippen LogP contribution >= 0.6 is 0 Å². The van der Waals surface area contributed by atoms with Crippen molar-refractivity contribution in [2.45, 2.75) is 63.8 Å². The van der Waals surface area contributed by atoms with Gasteiger partial charge in [-0.2, -0.15) is 0 Å². The minimum absolute atomic E-state index is 0.400. The van der Waals surface area contributed by atoms with Crippen molar-refractivity contribution < 1.29 is 4.74 Å². The zero-order valence-corrected chi connectivity index (χ0v) is 12.2. The summed E-state index contributed by atoms with van der Waals surface area (Å²) in [6, 6.07) is 0.400. The van der Waals surface area contributed by atoms with Crippen LogP contribution in [0.2, 0.25) is 0 Å². The normalized spacial score (nSPS) is 50.4. The Bertz CT molecular complexity index is 299. The van der Waals surface area contributed by atoms with Gasteiger partial charge in [-0.15, -0.1) is 0 Å². The molecular formula is C17H29NO. The van der Waals surface area contributed by atoms with Crippen molar-refractivity contribution in [3.63, 3.8) is 0 Å². The average Bonchev–Trinajstić information content (AvgIpc) is 2.37. The molecule has 4 bridgehead atoms. The van der Waals surface area contributed by atoms with Gasteiger partial charge in [0.2, 0.25) is 0 Å². The van der Waals surface area contributed by atoms with Crippen molar-refractivity contribution in [1.29, 1.82) is 0 Å². The van der Waals surface area contributed by atoms with E-state index in [1.54, 1.807) is 19.3 Å². The summed E-state index contributed by atoms with van der Waals surface area (Å²) in [4.78, 5) is 0. The van der Waals surface area contributed by atoms with Crippen LogP contribution in [-0.4, -0.2) is 19.3 Å². The van der Waals surface area contributed by atoms with Gasteiger partial charge < -0.3 is 10.5 Å². The Hall–Kier alpha value is -0.0800. The Kier molecular flexibility index (Phi) is 3.15. The van der Waals surface area contributed by atoms with Crippen LogP contribution in [0.15, 0.2) is 0 Å². The zero-order chi connectivity index (χ0) is 12.9. The molecule has 5 rings (SSSR count). The third-order valence-corrected chi connectivity index (χ3v) is 6.63. The summed E-state index contributed by atoms with van der Waals surface area (Å²) >= 11 is 0. The van der Waals surface area contributed by atoms with Crippen LogP contribution in [0.1, 0.15) is 57.8 Å². The molecule has 0 amide bonds. The molecule has 0 aromatic rings. The number of nitrogens with two attached hydrogens (primary N) is 1. The van der Waals surface area contributed by atoms with Gasteiger partial charge in [0.15, 0.2) is 0 Å². The molecule has 108 valence electrons. The van der Waals surface area contributed by atoms with Crippen LogP contribution in [0.25, 0.3) is 0 Å². The fourth-order valence-electron chi connectivity index (χ4n) is 6.31. The number of hydrogen-bond acceptors (Lipinski definition) is 2. The molecular weight excluding hydrogens is 234 g/mol. The van der Waals surface area contributed by atoms with Crippen molar-refractivity contribution in [3.05, 3.63) is 0 Å². The zero-order valence-electron chi connectivity index (χ0n) is 12.2. The molecule has 2 N–H and O–H groups in total. The van der Waals surface area contributed by atoms with E-state index in [2.05, 4.69) is 0 Å². The molecule has 0 spiro atoms. The number of hydrogen-bond donors (Lipinski definition) is 1. The fourth-order valence-corrected chi connectivity index (χ4v) is 6.31. The molecule has 5 aliphatic rings. The highest BCUT2D eigenvalue weighted by Gasteiger charge is 2.51. The highest BCUT2D eigenvalue weighted by atomic mass is 16.5. The van der Waals surface area contributed by atoms with E-state index in [1.807, 2.05) is 0 Å². The molecule has 2 atom stereocenters. The van der Waals surface area contributed by atoms with Gasteiger partial charge in [0, 0.05) is 12.6 Å². The summed E-state index contributed by atoms with van der Waals surface area (Å²) in [5, 5.41) is 0. The maximum absolute atomic E-state index is 6.59. The quantitative estimate of drug-likeness (QED) is 0.847. The Morgan fingerprint density at radius 3 is 2.21 bits per heavy atom. The number of rotatable bonds is 3. The van der Waals surface area contributed by atoms with Gasteiger partial charge in [-0.25, -0.2) is 0 Å². The standard InChI is InChI=1S/C17H29NO/c18-16(15-2-1-3-19-11-15)10-17-7-12-4-13(8-17)6-14(5-12)9-17/h12-16H,1-11,18H2. The molecule has 2 heteroatoms. The summed E-state index contributed by atoms with van der Waals surface area (Å²) in [5.74, 6) is 3.81. The lowest BCUT2D eigenvalue weighted by molar-refractivity contribution is -0.0670. The van der Waals surface area contributed by atoms with Crippen LogP contribution < -0.4 is 5.73 Å². The van der Waals surface area contributed by atoms with E-state index in [1.165, 1.54) is 38.5 Å². The first-order chi connectivity index (χ1) is 9.22. The average molecular weight is 263 g/mol. The third-order valence-electron chi connectivity index (χ3n) is 6.63. The smallest absolute Gasteiger partial charge is 0.0509 e. The van der Waals surface area contributed by atoms with Gasteiger partial charge >= 0.3 is 0 Å². The van der Waals surface area contributed by atoms with Crippen LogP contribution in [0.3, 0.4) is 0 Å². The van der Waals surface area contributed by atoms with Crippen LogP contribution in [-0.2, 0) is 4.74 Å². The molecule has 4 saturated carbocycles. The molecule has 0 radical (unpaired) electrons. The SMILES string of the molecule is NC(CC12CC3CC(CC(C3)C1)C2)C1CCCOC1. The minimum Gasteiger partial charge on any atom is -0.381 e. The highest BCUT2D eigenvalue weighted by molar-refractivity contribution is 5.02. The lowest BCUT2D eigenvalue weighted by atomic mass is 9.48. The summed E-state index contributed by atoms with van der Waals surface area (Å²) in [7, 11) is 0. The van der Waals surface area contributed by atoms with E-state index in [4.69, 9.17) is 10.5 Å². The van der Waals surface area contributed by atoms with Crippen molar-refractivity contribution in [2.24, 2.45) is 34.8 Å². The van der Waals surface area contributed by atoms with E-state index < -0.39 is 0 Å². The summed E-state index contributed by atoms with van der Waals surface area (Å²) in [6.07, 6.45) is 12.9. The van der Waals surface area contributed by atoms with Gasteiger partial charge in [0.05, 0.1) is 6.61 Å². The van der Waals surface area contributed by atoms with Gasteiger partial charge in [-0.3, -0.25) is 0 Å². The Morgan fingerprint density at radius 1 is 1.05 bits per heavy atom. The summed E-state index contributed by atoms with van der Waals surface area (Å²) in [5.41, 5.74) is 7.23. The molecule has 2 nitrogen and oxygen atoms in total. The van der Waals surface area contributed by atoms with E-state index in [9.17, 15) is 0 Å². The number of ether oxygens (including phenoxy) is 1. The molecule has 19 heavy (non-hydrogen) atoms. The van der Waals surface area contributed by atoms with Crippen LogP contribution in [0.4, 0.5) is 0 Å². The van der Waals surface area contributed by atoms with Crippen LogP contribution in [0.5, 0.6) is 0 Å². The molecule has 4 aliphatic carbocycles. The molecule has 0 aromatic heterocycles. The second-order valence-corrected chi connectivity index (χ2v) is 8.26. The first-order valence-corrected chi connectivity index (χ1v) is 8.56.